The molecule has 0 amide bonds. The fourth-order valence-electron chi connectivity index (χ4n) is 2.56. The van der Waals surface area contributed by atoms with Crippen molar-refractivity contribution in [3.05, 3.63) is 65.7 Å². The molecule has 0 aliphatic rings. The minimum absolute atomic E-state index is 0.221. The molecule has 0 aromatic heterocycles. The first kappa shape index (κ1) is 16.6. The number of benzene rings is 2. The highest BCUT2D eigenvalue weighted by atomic mass is 16.5. The Morgan fingerprint density at radius 2 is 1.59 bits per heavy atom. The third kappa shape index (κ3) is 6.31. The maximum atomic E-state index is 9.27. The van der Waals surface area contributed by atoms with Crippen molar-refractivity contribution in [1.82, 2.24) is 0 Å². The minimum Gasteiger partial charge on any atom is -0.508 e. The standard InChI is InChI=1S/C20H26O2/c1-17(16-19-11-13-20(21)14-12-19)22-15-7-3-6-10-18-8-4-2-5-9-18/h2,4-5,8-9,11-14,17,21H,3,6-7,10,15-16H2,1H3. The Labute approximate surface area is 133 Å². The van der Waals surface area contributed by atoms with Crippen molar-refractivity contribution in [1.29, 1.82) is 0 Å². The Kier molecular flexibility index (Phi) is 6.98. The molecule has 118 valence electrons. The van der Waals surface area contributed by atoms with Gasteiger partial charge in [-0.05, 0) is 55.9 Å². The monoisotopic (exact) mass is 298 g/mol. The summed E-state index contributed by atoms with van der Waals surface area (Å²) in [6.45, 7) is 2.94. The van der Waals surface area contributed by atoms with Crippen molar-refractivity contribution in [2.24, 2.45) is 0 Å². The lowest BCUT2D eigenvalue weighted by atomic mass is 10.1. The lowest BCUT2D eigenvalue weighted by Crippen LogP contribution is -2.12. The molecule has 0 heterocycles. The first-order valence-corrected chi connectivity index (χ1v) is 8.17. The van der Waals surface area contributed by atoms with Crippen LogP contribution in [-0.2, 0) is 17.6 Å². The van der Waals surface area contributed by atoms with Crippen molar-refractivity contribution >= 4 is 0 Å². The molecule has 1 atom stereocenters. The summed E-state index contributed by atoms with van der Waals surface area (Å²) >= 11 is 0. The summed E-state index contributed by atoms with van der Waals surface area (Å²) in [4.78, 5) is 0. The number of phenolic OH excluding ortho intramolecular Hbond substituents is 1. The summed E-state index contributed by atoms with van der Waals surface area (Å²) in [6.07, 6.45) is 5.82. The van der Waals surface area contributed by atoms with E-state index >= 15 is 0 Å². The van der Waals surface area contributed by atoms with Crippen LogP contribution in [0.4, 0.5) is 0 Å². The van der Waals surface area contributed by atoms with E-state index in [0.717, 1.165) is 25.9 Å². The van der Waals surface area contributed by atoms with E-state index in [2.05, 4.69) is 37.3 Å². The average molecular weight is 298 g/mol. The van der Waals surface area contributed by atoms with Gasteiger partial charge in [-0.3, -0.25) is 0 Å². The molecule has 2 rings (SSSR count). The Morgan fingerprint density at radius 3 is 2.32 bits per heavy atom. The van der Waals surface area contributed by atoms with E-state index < -0.39 is 0 Å². The lowest BCUT2D eigenvalue weighted by molar-refractivity contribution is 0.0635. The molecule has 1 unspecified atom stereocenters. The summed E-state index contributed by atoms with van der Waals surface area (Å²) < 4.78 is 5.87. The van der Waals surface area contributed by atoms with Crippen LogP contribution < -0.4 is 0 Å². The van der Waals surface area contributed by atoms with Gasteiger partial charge in [-0.1, -0.05) is 48.9 Å². The van der Waals surface area contributed by atoms with Crippen LogP contribution in [0.3, 0.4) is 0 Å². The van der Waals surface area contributed by atoms with Gasteiger partial charge in [0.2, 0.25) is 0 Å². The highest BCUT2D eigenvalue weighted by molar-refractivity contribution is 5.26. The Bertz CT molecular complexity index is 519. The van der Waals surface area contributed by atoms with Crippen LogP contribution in [0.5, 0.6) is 5.75 Å². The largest absolute Gasteiger partial charge is 0.508 e. The van der Waals surface area contributed by atoms with Crippen LogP contribution in [0.15, 0.2) is 54.6 Å². The van der Waals surface area contributed by atoms with Crippen molar-refractivity contribution in [3.8, 4) is 5.75 Å². The lowest BCUT2D eigenvalue weighted by Gasteiger charge is -2.13. The van der Waals surface area contributed by atoms with Gasteiger partial charge in [-0.25, -0.2) is 0 Å². The number of hydrogen-bond donors (Lipinski definition) is 1. The smallest absolute Gasteiger partial charge is 0.115 e. The zero-order valence-electron chi connectivity index (χ0n) is 13.4. The first-order chi connectivity index (χ1) is 10.7. The van der Waals surface area contributed by atoms with Crippen molar-refractivity contribution in [2.75, 3.05) is 6.61 Å². The molecule has 2 heteroatoms. The summed E-state index contributed by atoms with van der Waals surface area (Å²) in [5.41, 5.74) is 2.62. The van der Waals surface area contributed by atoms with Gasteiger partial charge < -0.3 is 9.84 Å². The Morgan fingerprint density at radius 1 is 0.864 bits per heavy atom. The van der Waals surface area contributed by atoms with Gasteiger partial charge in [-0.15, -0.1) is 0 Å². The van der Waals surface area contributed by atoms with E-state index in [0.29, 0.717) is 5.75 Å². The van der Waals surface area contributed by atoms with E-state index in [9.17, 15) is 5.11 Å². The predicted molar refractivity (Wildman–Crippen MR) is 91.2 cm³/mol. The topological polar surface area (TPSA) is 29.5 Å². The fourth-order valence-corrected chi connectivity index (χ4v) is 2.56. The molecule has 0 aliphatic carbocycles. The molecule has 1 N–H and O–H groups in total. The van der Waals surface area contributed by atoms with Gasteiger partial charge >= 0.3 is 0 Å². The molecule has 2 aromatic carbocycles. The van der Waals surface area contributed by atoms with Crippen molar-refractivity contribution < 1.29 is 9.84 Å². The van der Waals surface area contributed by atoms with Gasteiger partial charge in [0.05, 0.1) is 6.10 Å². The first-order valence-electron chi connectivity index (χ1n) is 8.17. The summed E-state index contributed by atoms with van der Waals surface area (Å²) in [5, 5.41) is 9.27. The summed E-state index contributed by atoms with van der Waals surface area (Å²) in [7, 11) is 0. The molecular formula is C20H26O2. The molecule has 22 heavy (non-hydrogen) atoms. The second-order valence-corrected chi connectivity index (χ2v) is 5.85. The number of hydrogen-bond acceptors (Lipinski definition) is 2. The third-order valence-corrected chi connectivity index (χ3v) is 3.81. The van der Waals surface area contributed by atoms with Crippen LogP contribution in [0.2, 0.25) is 0 Å². The van der Waals surface area contributed by atoms with Crippen molar-refractivity contribution in [2.45, 2.75) is 45.1 Å². The van der Waals surface area contributed by atoms with Gasteiger partial charge in [0.1, 0.15) is 5.75 Å². The van der Waals surface area contributed by atoms with Gasteiger partial charge in [-0.2, -0.15) is 0 Å². The highest BCUT2D eigenvalue weighted by Crippen LogP contribution is 2.13. The molecule has 0 spiro atoms. The van der Waals surface area contributed by atoms with Crippen LogP contribution in [0, 0.1) is 0 Å². The van der Waals surface area contributed by atoms with E-state index in [-0.39, 0.29) is 6.10 Å². The SMILES string of the molecule is CC(Cc1ccc(O)cc1)OCCCCCc1ccccc1. The average Bonchev–Trinajstić information content (AvgIpc) is 2.54. The van der Waals surface area contributed by atoms with Gasteiger partial charge in [0, 0.05) is 6.61 Å². The Hall–Kier alpha value is -1.80. The summed E-state index contributed by atoms with van der Waals surface area (Å²) in [6, 6.07) is 18.0. The number of phenols is 1. The second kappa shape index (κ2) is 9.26. The number of aromatic hydroxyl groups is 1. The maximum absolute atomic E-state index is 9.27. The molecule has 2 nitrogen and oxygen atoms in total. The molecule has 2 aromatic rings. The van der Waals surface area contributed by atoms with E-state index in [1.165, 1.54) is 24.0 Å². The summed E-state index contributed by atoms with van der Waals surface area (Å²) in [5.74, 6) is 0.315. The second-order valence-electron chi connectivity index (χ2n) is 5.85. The number of rotatable bonds is 9. The predicted octanol–water partition coefficient (Wildman–Crippen LogP) is 4.75. The zero-order chi connectivity index (χ0) is 15.6. The van der Waals surface area contributed by atoms with Crippen LogP contribution >= 0.6 is 0 Å². The molecule has 0 aliphatic heterocycles. The number of ether oxygens (including phenoxy) is 1. The van der Waals surface area contributed by atoms with Crippen LogP contribution in [0.25, 0.3) is 0 Å². The van der Waals surface area contributed by atoms with Crippen molar-refractivity contribution in [3.63, 3.8) is 0 Å². The molecule has 0 saturated carbocycles. The number of unbranched alkanes of at least 4 members (excludes halogenated alkanes) is 2. The molecule has 0 fully saturated rings. The fraction of sp³-hybridized carbons (Fsp3) is 0.400. The molecule has 0 saturated heterocycles. The zero-order valence-corrected chi connectivity index (χ0v) is 13.4. The van der Waals surface area contributed by atoms with E-state index in [1.54, 1.807) is 12.1 Å². The third-order valence-electron chi connectivity index (χ3n) is 3.81. The van der Waals surface area contributed by atoms with Gasteiger partial charge in [0.15, 0.2) is 0 Å². The van der Waals surface area contributed by atoms with Crippen LogP contribution in [-0.4, -0.2) is 17.8 Å². The van der Waals surface area contributed by atoms with Gasteiger partial charge in [0.25, 0.3) is 0 Å². The number of aryl methyl sites for hydroxylation is 1. The Balaban J connectivity index is 1.53. The molecule has 0 radical (unpaired) electrons. The van der Waals surface area contributed by atoms with E-state index in [1.807, 2.05) is 12.1 Å². The highest BCUT2D eigenvalue weighted by Gasteiger charge is 2.04. The normalized spacial score (nSPS) is 12.2. The molecule has 0 bridgehead atoms. The molecular weight excluding hydrogens is 272 g/mol. The minimum atomic E-state index is 0.221. The quantitative estimate of drug-likeness (QED) is 0.677. The maximum Gasteiger partial charge on any atom is 0.115 e. The van der Waals surface area contributed by atoms with Crippen LogP contribution in [0.1, 0.15) is 37.3 Å². The van der Waals surface area contributed by atoms with E-state index in [4.69, 9.17) is 4.74 Å².